The third kappa shape index (κ3) is 3.74. The Kier molecular flexibility index (Phi) is 4.85. The summed E-state index contributed by atoms with van der Waals surface area (Å²) in [6.07, 6.45) is -2.43. The number of hydrogen-bond donors (Lipinski definition) is 0. The van der Waals surface area contributed by atoms with Crippen molar-refractivity contribution in [1.82, 2.24) is 0 Å². The van der Waals surface area contributed by atoms with E-state index in [9.17, 15) is 13.2 Å². The van der Waals surface area contributed by atoms with Crippen molar-refractivity contribution in [2.24, 2.45) is 5.92 Å². The third-order valence-electron chi connectivity index (χ3n) is 5.94. The first-order valence-corrected chi connectivity index (χ1v) is 9.22. The van der Waals surface area contributed by atoms with E-state index in [0.29, 0.717) is 17.1 Å². The minimum Gasteiger partial charge on any atom is -0.399 e. The normalized spacial score (nSPS) is 23.5. The molecular formula is C19H27BF3NO2. The number of hydrogen-bond acceptors (Lipinski definition) is 3. The second kappa shape index (κ2) is 6.45. The van der Waals surface area contributed by atoms with Crippen LogP contribution in [0, 0.1) is 5.92 Å². The number of piperidine rings is 1. The summed E-state index contributed by atoms with van der Waals surface area (Å²) >= 11 is 0. The maximum atomic E-state index is 13.5. The molecule has 2 fully saturated rings. The van der Waals surface area contributed by atoms with E-state index in [2.05, 4.69) is 6.92 Å². The lowest BCUT2D eigenvalue weighted by atomic mass is 9.77. The van der Waals surface area contributed by atoms with Crippen LogP contribution < -0.4 is 10.4 Å². The van der Waals surface area contributed by atoms with E-state index in [1.54, 1.807) is 6.07 Å². The molecule has 0 amide bonds. The Morgan fingerprint density at radius 1 is 1.00 bits per heavy atom. The summed E-state index contributed by atoms with van der Waals surface area (Å²) in [5, 5.41) is 0. The van der Waals surface area contributed by atoms with Crippen molar-refractivity contribution in [1.29, 1.82) is 0 Å². The minimum absolute atomic E-state index is 0.423. The van der Waals surface area contributed by atoms with E-state index >= 15 is 0 Å². The number of halogens is 3. The first-order chi connectivity index (χ1) is 11.9. The molecule has 2 heterocycles. The Labute approximate surface area is 154 Å². The molecule has 0 radical (unpaired) electrons. The zero-order valence-electron chi connectivity index (χ0n) is 16.1. The maximum absolute atomic E-state index is 13.5. The summed E-state index contributed by atoms with van der Waals surface area (Å²) in [5.74, 6) is 0.611. The van der Waals surface area contributed by atoms with Crippen LogP contribution in [0.15, 0.2) is 18.2 Å². The van der Waals surface area contributed by atoms with Gasteiger partial charge in [0, 0.05) is 18.8 Å². The molecule has 0 atom stereocenters. The number of rotatable bonds is 2. The second-order valence-electron chi connectivity index (χ2n) is 8.57. The Morgan fingerprint density at radius 3 is 2.04 bits per heavy atom. The Morgan fingerprint density at radius 2 is 1.54 bits per heavy atom. The Hall–Kier alpha value is -1.21. The number of nitrogens with zero attached hydrogens (tertiary/aromatic N) is 1. The molecular weight excluding hydrogens is 342 g/mol. The van der Waals surface area contributed by atoms with Crippen molar-refractivity contribution in [2.45, 2.75) is 64.8 Å². The molecule has 2 aliphatic heterocycles. The molecule has 0 bridgehead atoms. The monoisotopic (exact) mass is 369 g/mol. The van der Waals surface area contributed by atoms with Crippen molar-refractivity contribution in [2.75, 3.05) is 18.0 Å². The number of anilines is 1. The topological polar surface area (TPSA) is 21.7 Å². The third-order valence-corrected chi connectivity index (χ3v) is 5.94. The molecule has 7 heteroatoms. The van der Waals surface area contributed by atoms with Crippen LogP contribution in [0.4, 0.5) is 18.9 Å². The molecule has 0 unspecified atom stereocenters. The fraction of sp³-hybridized carbons (Fsp3) is 0.684. The van der Waals surface area contributed by atoms with Gasteiger partial charge in [-0.15, -0.1) is 0 Å². The van der Waals surface area contributed by atoms with Crippen LogP contribution in [0.5, 0.6) is 0 Å². The molecule has 3 nitrogen and oxygen atoms in total. The van der Waals surface area contributed by atoms with Gasteiger partial charge in [0.15, 0.2) is 0 Å². The average molecular weight is 369 g/mol. The van der Waals surface area contributed by atoms with Crippen LogP contribution in [-0.4, -0.2) is 31.4 Å². The first kappa shape index (κ1) is 19.6. The van der Waals surface area contributed by atoms with Crippen molar-refractivity contribution in [3.8, 4) is 0 Å². The van der Waals surface area contributed by atoms with Gasteiger partial charge in [-0.1, -0.05) is 13.0 Å². The average Bonchev–Trinajstić information content (AvgIpc) is 2.75. The van der Waals surface area contributed by atoms with Crippen LogP contribution >= 0.6 is 0 Å². The van der Waals surface area contributed by atoms with Crippen molar-refractivity contribution in [3.63, 3.8) is 0 Å². The standard InChI is InChI=1S/C19H27BF3NO2/c1-13-6-8-24(9-7-13)16-11-14(19(21,22)23)10-15(12-16)20-25-17(2,3)18(4,5)26-20/h10-13H,6-9H2,1-5H3. The van der Waals surface area contributed by atoms with Gasteiger partial charge in [-0.25, -0.2) is 0 Å². The fourth-order valence-corrected chi connectivity index (χ4v) is 3.36. The van der Waals surface area contributed by atoms with Crippen LogP contribution in [0.25, 0.3) is 0 Å². The van der Waals surface area contributed by atoms with Gasteiger partial charge in [0.2, 0.25) is 0 Å². The molecule has 0 aliphatic carbocycles. The molecule has 0 N–H and O–H groups in total. The van der Waals surface area contributed by atoms with E-state index in [1.807, 2.05) is 32.6 Å². The molecule has 26 heavy (non-hydrogen) atoms. The summed E-state index contributed by atoms with van der Waals surface area (Å²) in [7, 11) is -0.801. The fourth-order valence-electron chi connectivity index (χ4n) is 3.36. The van der Waals surface area contributed by atoms with E-state index in [1.165, 1.54) is 6.07 Å². The smallest absolute Gasteiger partial charge is 0.399 e. The van der Waals surface area contributed by atoms with Gasteiger partial charge in [-0.05, 0) is 64.1 Å². The van der Waals surface area contributed by atoms with E-state index in [-0.39, 0.29) is 0 Å². The highest BCUT2D eigenvalue weighted by Crippen LogP contribution is 2.38. The summed E-state index contributed by atoms with van der Waals surface area (Å²) in [4.78, 5) is 2.03. The highest BCUT2D eigenvalue weighted by Gasteiger charge is 2.52. The lowest BCUT2D eigenvalue weighted by Crippen LogP contribution is -2.41. The lowest BCUT2D eigenvalue weighted by molar-refractivity contribution is -0.137. The highest BCUT2D eigenvalue weighted by molar-refractivity contribution is 6.62. The molecule has 2 saturated heterocycles. The predicted molar refractivity (Wildman–Crippen MR) is 97.8 cm³/mol. The lowest BCUT2D eigenvalue weighted by Gasteiger charge is -2.33. The van der Waals surface area contributed by atoms with E-state index in [0.717, 1.165) is 32.0 Å². The quantitative estimate of drug-likeness (QED) is 0.728. The van der Waals surface area contributed by atoms with Crippen LogP contribution in [0.2, 0.25) is 0 Å². The summed E-state index contributed by atoms with van der Waals surface area (Å²) < 4.78 is 52.3. The molecule has 1 aromatic rings. The zero-order chi connectivity index (χ0) is 19.3. The largest absolute Gasteiger partial charge is 0.494 e. The Bertz CT molecular complexity index is 651. The van der Waals surface area contributed by atoms with Gasteiger partial charge in [0.1, 0.15) is 0 Å². The molecule has 1 aromatic carbocycles. The Balaban J connectivity index is 1.96. The van der Waals surface area contributed by atoms with Gasteiger partial charge < -0.3 is 14.2 Å². The summed E-state index contributed by atoms with van der Waals surface area (Å²) in [6.45, 7) is 11.3. The highest BCUT2D eigenvalue weighted by atomic mass is 19.4. The first-order valence-electron chi connectivity index (χ1n) is 9.22. The van der Waals surface area contributed by atoms with Gasteiger partial charge in [0.05, 0.1) is 16.8 Å². The molecule has 0 saturated carbocycles. The predicted octanol–water partition coefficient (Wildman–Crippen LogP) is 4.24. The molecule has 0 spiro atoms. The minimum atomic E-state index is -4.41. The summed E-state index contributed by atoms with van der Waals surface area (Å²) in [5.41, 5.74) is -0.818. The van der Waals surface area contributed by atoms with Crippen molar-refractivity contribution < 1.29 is 22.5 Å². The van der Waals surface area contributed by atoms with Crippen molar-refractivity contribution in [3.05, 3.63) is 23.8 Å². The second-order valence-corrected chi connectivity index (χ2v) is 8.57. The SMILES string of the molecule is CC1CCN(c2cc(B3OC(C)(C)C(C)(C)O3)cc(C(F)(F)F)c2)CC1. The van der Waals surface area contributed by atoms with Crippen LogP contribution in [0.1, 0.15) is 53.0 Å². The number of benzene rings is 1. The summed E-state index contributed by atoms with van der Waals surface area (Å²) in [6, 6.07) is 4.18. The zero-order valence-corrected chi connectivity index (χ0v) is 16.1. The molecule has 3 rings (SSSR count). The van der Waals surface area contributed by atoms with Crippen molar-refractivity contribution >= 4 is 18.3 Å². The maximum Gasteiger partial charge on any atom is 0.494 e. The number of alkyl halides is 3. The van der Waals surface area contributed by atoms with Crippen LogP contribution in [0.3, 0.4) is 0 Å². The van der Waals surface area contributed by atoms with Gasteiger partial charge in [0.25, 0.3) is 0 Å². The van der Waals surface area contributed by atoms with Crippen LogP contribution in [-0.2, 0) is 15.5 Å². The van der Waals surface area contributed by atoms with E-state index in [4.69, 9.17) is 9.31 Å². The van der Waals surface area contributed by atoms with E-state index < -0.39 is 30.1 Å². The molecule has 144 valence electrons. The van der Waals surface area contributed by atoms with Gasteiger partial charge >= 0.3 is 13.3 Å². The van der Waals surface area contributed by atoms with Gasteiger partial charge in [-0.2, -0.15) is 13.2 Å². The molecule has 2 aliphatic rings. The molecule has 0 aromatic heterocycles. The van der Waals surface area contributed by atoms with Gasteiger partial charge in [-0.3, -0.25) is 0 Å².